The third-order valence-corrected chi connectivity index (χ3v) is 3.79. The number of hydrogen-bond donors (Lipinski definition) is 1. The van der Waals surface area contributed by atoms with Crippen LogP contribution in [0.3, 0.4) is 0 Å². The number of carboxylic acids is 1. The van der Waals surface area contributed by atoms with Crippen molar-refractivity contribution in [2.24, 2.45) is 0 Å². The van der Waals surface area contributed by atoms with Crippen LogP contribution in [0.15, 0.2) is 60.8 Å². The minimum atomic E-state index is -0.933. The first-order valence-corrected chi connectivity index (χ1v) is 7.18. The van der Waals surface area contributed by atoms with E-state index < -0.39 is 5.97 Å². The maximum Gasteiger partial charge on any atom is 0.328 e. The van der Waals surface area contributed by atoms with Crippen LogP contribution >= 0.6 is 0 Å². The highest BCUT2D eigenvalue weighted by molar-refractivity contribution is 5.86. The van der Waals surface area contributed by atoms with Crippen molar-refractivity contribution in [1.29, 1.82) is 0 Å². The normalized spacial score (nSPS) is 11.3. The van der Waals surface area contributed by atoms with Crippen molar-refractivity contribution in [2.45, 2.75) is 13.5 Å². The first-order valence-electron chi connectivity index (χ1n) is 7.18. The number of aromatic nitrogens is 1. The monoisotopic (exact) mass is 291 g/mol. The van der Waals surface area contributed by atoms with E-state index in [0.29, 0.717) is 6.54 Å². The van der Waals surface area contributed by atoms with Gasteiger partial charge in [-0.25, -0.2) is 4.79 Å². The Balaban J connectivity index is 2.01. The van der Waals surface area contributed by atoms with Gasteiger partial charge in [-0.3, -0.25) is 0 Å². The van der Waals surface area contributed by atoms with Gasteiger partial charge in [-0.05, 0) is 35.8 Å². The maximum absolute atomic E-state index is 10.7. The first kappa shape index (κ1) is 14.1. The van der Waals surface area contributed by atoms with E-state index in [1.807, 2.05) is 36.4 Å². The molecule has 22 heavy (non-hydrogen) atoms. The number of fused-ring (bicyclic) bond motifs is 1. The minimum absolute atomic E-state index is 0.717. The van der Waals surface area contributed by atoms with Crippen molar-refractivity contribution in [1.82, 2.24) is 4.57 Å². The lowest BCUT2D eigenvalue weighted by molar-refractivity contribution is -0.131. The molecule has 0 aliphatic rings. The van der Waals surface area contributed by atoms with Crippen LogP contribution in [0, 0.1) is 6.92 Å². The summed E-state index contributed by atoms with van der Waals surface area (Å²) in [6.07, 6.45) is 4.97. The molecule has 0 radical (unpaired) electrons. The van der Waals surface area contributed by atoms with Gasteiger partial charge in [-0.1, -0.05) is 42.5 Å². The van der Waals surface area contributed by atoms with E-state index in [0.717, 1.165) is 11.1 Å². The Morgan fingerprint density at radius 3 is 2.68 bits per heavy atom. The van der Waals surface area contributed by atoms with Gasteiger partial charge in [-0.2, -0.15) is 0 Å². The number of benzene rings is 2. The zero-order valence-electron chi connectivity index (χ0n) is 12.4. The van der Waals surface area contributed by atoms with Gasteiger partial charge in [0.1, 0.15) is 0 Å². The number of rotatable bonds is 4. The molecule has 3 aromatic rings. The Morgan fingerprint density at radius 1 is 1.14 bits per heavy atom. The number of carbonyl (C=O) groups is 1. The van der Waals surface area contributed by atoms with E-state index in [2.05, 4.69) is 29.8 Å². The highest BCUT2D eigenvalue weighted by Gasteiger charge is 2.06. The predicted octanol–water partition coefficient (Wildman–Crippen LogP) is 4.10. The smallest absolute Gasteiger partial charge is 0.328 e. The first-order chi connectivity index (χ1) is 10.6. The fourth-order valence-corrected chi connectivity index (χ4v) is 2.75. The molecular formula is C19H17NO2. The van der Waals surface area contributed by atoms with Crippen molar-refractivity contribution < 1.29 is 9.90 Å². The van der Waals surface area contributed by atoms with Gasteiger partial charge < -0.3 is 9.67 Å². The number of aliphatic carboxylic acids is 1. The van der Waals surface area contributed by atoms with E-state index >= 15 is 0 Å². The van der Waals surface area contributed by atoms with Gasteiger partial charge in [-0.15, -0.1) is 0 Å². The zero-order valence-corrected chi connectivity index (χ0v) is 12.4. The van der Waals surface area contributed by atoms with Crippen molar-refractivity contribution in [3.63, 3.8) is 0 Å². The lowest BCUT2D eigenvalue weighted by Gasteiger charge is -2.09. The van der Waals surface area contributed by atoms with E-state index in [9.17, 15) is 4.79 Å². The molecule has 0 atom stereocenters. The fraction of sp³-hybridized carbons (Fsp3) is 0.105. The van der Waals surface area contributed by atoms with Crippen molar-refractivity contribution in [2.75, 3.05) is 0 Å². The van der Waals surface area contributed by atoms with Crippen molar-refractivity contribution >= 4 is 22.9 Å². The summed E-state index contributed by atoms with van der Waals surface area (Å²) < 4.78 is 2.21. The van der Waals surface area contributed by atoms with Crippen LogP contribution in [-0.2, 0) is 11.3 Å². The van der Waals surface area contributed by atoms with E-state index in [4.69, 9.17) is 5.11 Å². The molecular weight excluding hydrogens is 274 g/mol. The van der Waals surface area contributed by atoms with Crippen LogP contribution in [0.2, 0.25) is 0 Å². The average molecular weight is 291 g/mol. The highest BCUT2D eigenvalue weighted by Crippen LogP contribution is 2.22. The second-order valence-corrected chi connectivity index (χ2v) is 5.33. The van der Waals surface area contributed by atoms with Gasteiger partial charge in [0.25, 0.3) is 0 Å². The van der Waals surface area contributed by atoms with E-state index in [-0.39, 0.29) is 0 Å². The summed E-state index contributed by atoms with van der Waals surface area (Å²) in [7, 11) is 0. The molecule has 0 saturated heterocycles. The largest absolute Gasteiger partial charge is 0.478 e. The summed E-state index contributed by atoms with van der Waals surface area (Å²) in [5.41, 5.74) is 4.47. The predicted molar refractivity (Wildman–Crippen MR) is 88.9 cm³/mol. The standard InChI is InChI=1S/C19H17NO2/c1-14-12-20(18-9-5-4-8-17(14)18)13-16-7-3-2-6-15(16)10-11-19(21)22/h2-12H,13H2,1H3,(H,21,22). The molecule has 0 fully saturated rings. The molecule has 3 nitrogen and oxygen atoms in total. The summed E-state index contributed by atoms with van der Waals surface area (Å²) in [6, 6.07) is 16.2. The summed E-state index contributed by atoms with van der Waals surface area (Å²) in [6.45, 7) is 2.82. The Labute approximate surface area is 129 Å². The third-order valence-electron chi connectivity index (χ3n) is 3.79. The maximum atomic E-state index is 10.7. The summed E-state index contributed by atoms with van der Waals surface area (Å²) in [5.74, 6) is -0.933. The van der Waals surface area contributed by atoms with Crippen LogP contribution in [-0.4, -0.2) is 15.6 Å². The molecule has 1 heterocycles. The summed E-state index contributed by atoms with van der Waals surface area (Å²) in [5, 5.41) is 10.1. The molecule has 2 aromatic carbocycles. The van der Waals surface area contributed by atoms with Crippen LogP contribution in [0.1, 0.15) is 16.7 Å². The summed E-state index contributed by atoms with van der Waals surface area (Å²) in [4.78, 5) is 10.7. The lowest BCUT2D eigenvalue weighted by atomic mass is 10.1. The quantitative estimate of drug-likeness (QED) is 0.735. The van der Waals surface area contributed by atoms with Crippen LogP contribution < -0.4 is 0 Å². The SMILES string of the molecule is Cc1cn(Cc2ccccc2C=CC(=O)O)c2ccccc12. The Morgan fingerprint density at radius 2 is 1.86 bits per heavy atom. The molecule has 3 rings (SSSR count). The Kier molecular flexibility index (Phi) is 3.79. The molecule has 0 spiro atoms. The molecule has 1 N–H and O–H groups in total. The zero-order chi connectivity index (χ0) is 15.5. The molecule has 0 amide bonds. The molecule has 110 valence electrons. The van der Waals surface area contributed by atoms with Crippen molar-refractivity contribution in [3.8, 4) is 0 Å². The highest BCUT2D eigenvalue weighted by atomic mass is 16.4. The number of nitrogens with zero attached hydrogens (tertiary/aromatic N) is 1. The van der Waals surface area contributed by atoms with Gasteiger partial charge >= 0.3 is 5.97 Å². The van der Waals surface area contributed by atoms with Crippen molar-refractivity contribution in [3.05, 3.63) is 77.5 Å². The van der Waals surface area contributed by atoms with Gasteiger partial charge in [0.05, 0.1) is 0 Å². The number of para-hydroxylation sites is 1. The molecule has 0 aliphatic carbocycles. The third kappa shape index (κ3) is 2.79. The van der Waals surface area contributed by atoms with Crippen LogP contribution in [0.4, 0.5) is 0 Å². The molecule has 3 heteroatoms. The molecule has 1 aromatic heterocycles. The summed E-state index contributed by atoms with van der Waals surface area (Å²) >= 11 is 0. The molecule has 0 unspecified atom stereocenters. The molecule has 0 aliphatic heterocycles. The number of hydrogen-bond acceptors (Lipinski definition) is 1. The molecule has 0 bridgehead atoms. The number of aryl methyl sites for hydroxylation is 1. The van der Waals surface area contributed by atoms with Crippen LogP contribution in [0.25, 0.3) is 17.0 Å². The van der Waals surface area contributed by atoms with Gasteiger partial charge in [0.15, 0.2) is 0 Å². The lowest BCUT2D eigenvalue weighted by Crippen LogP contribution is -2.00. The Hall–Kier alpha value is -2.81. The van der Waals surface area contributed by atoms with E-state index in [1.165, 1.54) is 22.5 Å². The topological polar surface area (TPSA) is 42.2 Å². The second kappa shape index (κ2) is 5.90. The molecule has 0 saturated carbocycles. The fourth-order valence-electron chi connectivity index (χ4n) is 2.75. The Bertz CT molecular complexity index is 859. The van der Waals surface area contributed by atoms with E-state index in [1.54, 1.807) is 6.08 Å². The van der Waals surface area contributed by atoms with Gasteiger partial charge in [0.2, 0.25) is 0 Å². The number of carboxylic acid groups (broad SMARTS) is 1. The average Bonchev–Trinajstić information content (AvgIpc) is 2.83. The van der Waals surface area contributed by atoms with Gasteiger partial charge in [0, 0.05) is 29.7 Å². The minimum Gasteiger partial charge on any atom is -0.478 e. The second-order valence-electron chi connectivity index (χ2n) is 5.33. The van der Waals surface area contributed by atoms with Crippen LogP contribution in [0.5, 0.6) is 0 Å².